The van der Waals surface area contributed by atoms with E-state index in [1.165, 1.54) is 16.5 Å². The summed E-state index contributed by atoms with van der Waals surface area (Å²) in [5, 5.41) is 2.36. The quantitative estimate of drug-likeness (QED) is 0.541. The highest BCUT2D eigenvalue weighted by Crippen LogP contribution is 2.24. The third-order valence-electron chi connectivity index (χ3n) is 2.57. The summed E-state index contributed by atoms with van der Waals surface area (Å²) in [6.45, 7) is 11.1. The molecule has 68 valence electrons. The summed E-state index contributed by atoms with van der Waals surface area (Å²) >= 11 is 0. The Hall–Kier alpha value is -1.81. The Bertz CT molecular complexity index is 533. The first-order chi connectivity index (χ1) is 6.70. The summed E-state index contributed by atoms with van der Waals surface area (Å²) < 4.78 is 0. The van der Waals surface area contributed by atoms with E-state index in [0.717, 1.165) is 5.39 Å². The van der Waals surface area contributed by atoms with Crippen molar-refractivity contribution in [2.24, 2.45) is 0 Å². The molecule has 14 heavy (non-hydrogen) atoms. The van der Waals surface area contributed by atoms with Gasteiger partial charge in [-0.2, -0.15) is 0 Å². The Kier molecular flexibility index (Phi) is 1.98. The number of nitrogens with zero attached hydrogens (tertiary/aromatic N) is 1. The zero-order valence-corrected chi connectivity index (χ0v) is 8.33. The topological polar surface area (TPSA) is 4.36 Å². The second kappa shape index (κ2) is 3.16. The molecule has 1 heteroatoms. The average Bonchev–Trinajstić information content (AvgIpc) is 2.19. The predicted molar refractivity (Wildman–Crippen MR) is 59.7 cm³/mol. The molecule has 0 atom stereocenters. The van der Waals surface area contributed by atoms with Crippen LogP contribution >= 0.6 is 0 Å². The molecule has 0 fully saturated rings. The molecule has 0 aliphatic carbocycles. The van der Waals surface area contributed by atoms with Crippen molar-refractivity contribution in [2.75, 3.05) is 0 Å². The molecule has 2 aromatic carbocycles. The molecule has 0 heterocycles. The molecule has 0 amide bonds. The van der Waals surface area contributed by atoms with Gasteiger partial charge in [0.15, 0.2) is 5.69 Å². The molecule has 0 saturated carbocycles. The number of rotatable bonds is 0. The van der Waals surface area contributed by atoms with Gasteiger partial charge in [0.05, 0.1) is 6.57 Å². The number of hydrogen-bond donors (Lipinski definition) is 0. The Morgan fingerprint density at radius 1 is 0.929 bits per heavy atom. The van der Waals surface area contributed by atoms with Crippen LogP contribution in [0.3, 0.4) is 0 Å². The van der Waals surface area contributed by atoms with Crippen molar-refractivity contribution in [1.29, 1.82) is 0 Å². The highest BCUT2D eigenvalue weighted by molar-refractivity contribution is 5.87. The highest BCUT2D eigenvalue weighted by atomic mass is 14.6. The van der Waals surface area contributed by atoms with Gasteiger partial charge in [-0.05, 0) is 41.8 Å². The minimum Gasteiger partial charge on any atom is -0.238 e. The SMILES string of the molecule is [C-]#[N+]c1ccc2cc(C)c(C)cc2c1. The first-order valence-corrected chi connectivity index (χ1v) is 4.59. The van der Waals surface area contributed by atoms with Crippen LogP contribution < -0.4 is 0 Å². The summed E-state index contributed by atoms with van der Waals surface area (Å²) in [6, 6.07) is 10.1. The van der Waals surface area contributed by atoms with Crippen LogP contribution in [0.5, 0.6) is 0 Å². The minimum absolute atomic E-state index is 0.709. The second-order valence-electron chi connectivity index (χ2n) is 3.58. The molecular weight excluding hydrogens is 170 g/mol. The van der Waals surface area contributed by atoms with E-state index in [0.29, 0.717) is 5.69 Å². The van der Waals surface area contributed by atoms with Gasteiger partial charge >= 0.3 is 0 Å². The maximum absolute atomic E-state index is 6.94. The lowest BCUT2D eigenvalue weighted by molar-refractivity contribution is 1.37. The second-order valence-corrected chi connectivity index (χ2v) is 3.58. The van der Waals surface area contributed by atoms with Crippen molar-refractivity contribution < 1.29 is 0 Å². The van der Waals surface area contributed by atoms with Gasteiger partial charge < -0.3 is 0 Å². The summed E-state index contributed by atoms with van der Waals surface area (Å²) in [5.41, 5.74) is 3.29. The summed E-state index contributed by atoms with van der Waals surface area (Å²) in [4.78, 5) is 3.42. The third kappa shape index (κ3) is 1.36. The van der Waals surface area contributed by atoms with Gasteiger partial charge in [0.2, 0.25) is 0 Å². The first-order valence-electron chi connectivity index (χ1n) is 4.59. The fourth-order valence-electron chi connectivity index (χ4n) is 1.58. The van der Waals surface area contributed by atoms with Gasteiger partial charge in [-0.25, -0.2) is 4.85 Å². The van der Waals surface area contributed by atoms with Crippen molar-refractivity contribution in [1.82, 2.24) is 0 Å². The van der Waals surface area contributed by atoms with E-state index in [2.05, 4.69) is 30.8 Å². The molecule has 0 radical (unpaired) electrons. The average molecular weight is 181 g/mol. The van der Waals surface area contributed by atoms with E-state index in [1.54, 1.807) is 0 Å². The molecule has 2 rings (SSSR count). The predicted octanol–water partition coefficient (Wildman–Crippen LogP) is 4.01. The lowest BCUT2D eigenvalue weighted by Crippen LogP contribution is -1.81. The van der Waals surface area contributed by atoms with E-state index in [9.17, 15) is 0 Å². The normalized spacial score (nSPS) is 10.1. The van der Waals surface area contributed by atoms with Crippen LogP contribution in [0.4, 0.5) is 5.69 Å². The summed E-state index contributed by atoms with van der Waals surface area (Å²) in [5.74, 6) is 0. The zero-order valence-electron chi connectivity index (χ0n) is 8.33. The molecule has 2 aromatic rings. The van der Waals surface area contributed by atoms with Crippen molar-refractivity contribution in [3.8, 4) is 0 Å². The molecule has 1 nitrogen and oxygen atoms in total. The van der Waals surface area contributed by atoms with Crippen LogP contribution in [-0.4, -0.2) is 0 Å². The van der Waals surface area contributed by atoms with Crippen molar-refractivity contribution in [2.45, 2.75) is 13.8 Å². The molecule has 0 N–H and O–H groups in total. The molecule has 0 aromatic heterocycles. The summed E-state index contributed by atoms with van der Waals surface area (Å²) in [6.07, 6.45) is 0. The van der Waals surface area contributed by atoms with Gasteiger partial charge in [0.25, 0.3) is 0 Å². The standard InChI is InChI=1S/C13H11N/c1-9-6-11-4-5-13(14-3)8-12(11)7-10(9)2/h4-8H,1-2H3. The van der Waals surface area contributed by atoms with Crippen LogP contribution in [0.2, 0.25) is 0 Å². The molecule has 0 saturated heterocycles. The van der Waals surface area contributed by atoms with Crippen LogP contribution in [0.1, 0.15) is 11.1 Å². The number of hydrogen-bond acceptors (Lipinski definition) is 0. The van der Waals surface area contributed by atoms with Gasteiger partial charge in [0.1, 0.15) is 0 Å². The van der Waals surface area contributed by atoms with Crippen LogP contribution in [0.25, 0.3) is 15.6 Å². The van der Waals surface area contributed by atoms with Gasteiger partial charge in [0, 0.05) is 0 Å². The van der Waals surface area contributed by atoms with E-state index < -0.39 is 0 Å². The molecule has 0 unspecified atom stereocenters. The Labute approximate surface area is 83.8 Å². The Balaban J connectivity index is 2.78. The molecule has 0 spiro atoms. The van der Waals surface area contributed by atoms with Gasteiger partial charge in [-0.15, -0.1) is 0 Å². The van der Waals surface area contributed by atoms with Crippen LogP contribution in [-0.2, 0) is 0 Å². The lowest BCUT2D eigenvalue weighted by Gasteiger charge is -2.03. The smallest absolute Gasteiger partial charge is 0.187 e. The number of aryl methyl sites for hydroxylation is 2. The van der Waals surface area contributed by atoms with Crippen molar-refractivity contribution in [3.63, 3.8) is 0 Å². The maximum atomic E-state index is 6.94. The summed E-state index contributed by atoms with van der Waals surface area (Å²) in [7, 11) is 0. The zero-order chi connectivity index (χ0) is 10.1. The monoisotopic (exact) mass is 181 g/mol. The fourth-order valence-corrected chi connectivity index (χ4v) is 1.58. The van der Waals surface area contributed by atoms with Gasteiger partial charge in [-0.3, -0.25) is 0 Å². The molecular formula is C13H11N. The molecule has 0 aliphatic rings. The Morgan fingerprint density at radius 3 is 2.21 bits per heavy atom. The van der Waals surface area contributed by atoms with E-state index in [1.807, 2.05) is 18.2 Å². The largest absolute Gasteiger partial charge is 0.238 e. The minimum atomic E-state index is 0.709. The number of fused-ring (bicyclic) bond motifs is 1. The van der Waals surface area contributed by atoms with Crippen LogP contribution in [0, 0.1) is 20.4 Å². The number of benzene rings is 2. The Morgan fingerprint density at radius 2 is 1.57 bits per heavy atom. The van der Waals surface area contributed by atoms with E-state index in [-0.39, 0.29) is 0 Å². The first kappa shape index (κ1) is 8.77. The van der Waals surface area contributed by atoms with E-state index >= 15 is 0 Å². The van der Waals surface area contributed by atoms with Crippen molar-refractivity contribution >= 4 is 16.5 Å². The molecule has 0 aliphatic heterocycles. The maximum Gasteiger partial charge on any atom is 0.187 e. The lowest BCUT2D eigenvalue weighted by atomic mass is 10.0. The van der Waals surface area contributed by atoms with Crippen molar-refractivity contribution in [3.05, 3.63) is 52.9 Å². The third-order valence-corrected chi connectivity index (χ3v) is 2.57. The molecule has 0 bridgehead atoms. The van der Waals surface area contributed by atoms with E-state index in [4.69, 9.17) is 6.57 Å². The highest BCUT2D eigenvalue weighted by Gasteiger charge is 1.98. The van der Waals surface area contributed by atoms with Gasteiger partial charge in [-0.1, -0.05) is 24.3 Å². The fraction of sp³-hybridized carbons (Fsp3) is 0.154. The van der Waals surface area contributed by atoms with Crippen LogP contribution in [0.15, 0.2) is 30.3 Å².